The van der Waals surface area contributed by atoms with Gasteiger partial charge in [-0.25, -0.2) is 0 Å². The van der Waals surface area contributed by atoms with Crippen molar-refractivity contribution in [1.82, 2.24) is 0 Å². The Bertz CT molecular complexity index is 335. The Kier molecular flexibility index (Phi) is 9.81. The van der Waals surface area contributed by atoms with Gasteiger partial charge in [-0.15, -0.1) is 0 Å². The Morgan fingerprint density at radius 2 is 1.74 bits per heavy atom. The van der Waals surface area contributed by atoms with Crippen molar-refractivity contribution >= 4 is 5.78 Å². The molecule has 0 bridgehead atoms. The van der Waals surface area contributed by atoms with Crippen LogP contribution in [-0.2, 0) is 4.79 Å². The molecule has 1 aromatic carbocycles. The standard InChI is InChI=1S/C14H20O3.C2H6/c1-3-12(13(16)10-15)14(4-2)17-11-8-6-5-7-9-11;1-2/h5-9,12,14-15H,3-4,10H2,1-2H3;1-2H3/t12-,14-;/m1./s1. The quantitative estimate of drug-likeness (QED) is 0.822. The van der Waals surface area contributed by atoms with Crippen molar-refractivity contribution in [3.05, 3.63) is 30.3 Å². The third-order valence-corrected chi connectivity index (χ3v) is 2.89. The number of ether oxygens (including phenoxy) is 1. The first kappa shape index (κ1) is 17.6. The van der Waals surface area contributed by atoms with Gasteiger partial charge in [-0.05, 0) is 25.0 Å². The van der Waals surface area contributed by atoms with E-state index in [1.807, 2.05) is 58.0 Å². The van der Waals surface area contributed by atoms with E-state index in [2.05, 4.69) is 0 Å². The summed E-state index contributed by atoms with van der Waals surface area (Å²) < 4.78 is 5.81. The van der Waals surface area contributed by atoms with E-state index >= 15 is 0 Å². The normalized spacial score (nSPS) is 12.9. The van der Waals surface area contributed by atoms with Crippen LogP contribution in [0.15, 0.2) is 30.3 Å². The first-order chi connectivity index (χ1) is 9.22. The molecular weight excluding hydrogens is 240 g/mol. The van der Waals surface area contributed by atoms with Gasteiger partial charge in [-0.3, -0.25) is 4.79 Å². The fourth-order valence-corrected chi connectivity index (χ4v) is 1.94. The Morgan fingerprint density at radius 3 is 2.16 bits per heavy atom. The number of aliphatic hydroxyl groups excluding tert-OH is 1. The number of ketones is 1. The maximum atomic E-state index is 11.6. The lowest BCUT2D eigenvalue weighted by Gasteiger charge is -2.24. The van der Waals surface area contributed by atoms with E-state index in [4.69, 9.17) is 9.84 Å². The smallest absolute Gasteiger partial charge is 0.164 e. The van der Waals surface area contributed by atoms with Gasteiger partial charge >= 0.3 is 0 Å². The lowest BCUT2D eigenvalue weighted by molar-refractivity contribution is -0.128. The first-order valence-electron chi connectivity index (χ1n) is 7.08. The van der Waals surface area contributed by atoms with Gasteiger partial charge in [0.25, 0.3) is 0 Å². The van der Waals surface area contributed by atoms with Crippen molar-refractivity contribution in [2.45, 2.75) is 46.6 Å². The SMILES string of the molecule is CC.CC[C@H](C(=O)CO)[C@@H](CC)Oc1ccccc1. The molecule has 1 rings (SSSR count). The van der Waals surface area contributed by atoms with E-state index in [-0.39, 0.29) is 17.8 Å². The number of aliphatic hydroxyl groups is 1. The van der Waals surface area contributed by atoms with Crippen molar-refractivity contribution in [3.63, 3.8) is 0 Å². The number of carbonyl (C=O) groups excluding carboxylic acids is 1. The maximum absolute atomic E-state index is 11.6. The molecule has 0 heterocycles. The van der Waals surface area contributed by atoms with Crippen LogP contribution in [0.5, 0.6) is 5.75 Å². The number of para-hydroxylation sites is 1. The molecule has 0 unspecified atom stereocenters. The average molecular weight is 266 g/mol. The van der Waals surface area contributed by atoms with Crippen LogP contribution in [0, 0.1) is 5.92 Å². The summed E-state index contributed by atoms with van der Waals surface area (Å²) in [7, 11) is 0. The molecule has 0 aromatic heterocycles. The Hall–Kier alpha value is -1.35. The molecule has 0 amide bonds. The molecule has 0 radical (unpaired) electrons. The highest BCUT2D eigenvalue weighted by atomic mass is 16.5. The minimum absolute atomic E-state index is 0.143. The summed E-state index contributed by atoms with van der Waals surface area (Å²) in [6, 6.07) is 9.47. The molecule has 19 heavy (non-hydrogen) atoms. The number of Topliss-reactive ketones (excluding diaryl/α,β-unsaturated/α-hetero) is 1. The highest BCUT2D eigenvalue weighted by Crippen LogP contribution is 2.20. The Balaban J connectivity index is 0.00000154. The van der Waals surface area contributed by atoms with E-state index in [1.165, 1.54) is 0 Å². The molecule has 0 aliphatic heterocycles. The third-order valence-electron chi connectivity index (χ3n) is 2.89. The van der Waals surface area contributed by atoms with Gasteiger partial charge in [0.05, 0.1) is 5.92 Å². The molecule has 1 aromatic rings. The molecule has 3 nitrogen and oxygen atoms in total. The van der Waals surface area contributed by atoms with Crippen molar-refractivity contribution in [1.29, 1.82) is 0 Å². The summed E-state index contributed by atoms with van der Waals surface area (Å²) in [6.07, 6.45) is 1.27. The maximum Gasteiger partial charge on any atom is 0.164 e. The van der Waals surface area contributed by atoms with E-state index in [9.17, 15) is 4.79 Å². The summed E-state index contributed by atoms with van der Waals surface area (Å²) in [5, 5.41) is 8.94. The molecule has 0 fully saturated rings. The number of rotatable bonds is 7. The molecule has 0 saturated heterocycles. The zero-order valence-electron chi connectivity index (χ0n) is 12.4. The van der Waals surface area contributed by atoms with Gasteiger partial charge < -0.3 is 9.84 Å². The number of benzene rings is 1. The van der Waals surface area contributed by atoms with E-state index in [0.29, 0.717) is 6.42 Å². The molecule has 0 saturated carbocycles. The van der Waals surface area contributed by atoms with E-state index in [1.54, 1.807) is 0 Å². The highest BCUT2D eigenvalue weighted by molar-refractivity contribution is 5.82. The Labute approximate surface area is 116 Å². The topological polar surface area (TPSA) is 46.5 Å². The van der Waals surface area contributed by atoms with Crippen LogP contribution in [0.4, 0.5) is 0 Å². The lowest BCUT2D eigenvalue weighted by atomic mass is 9.93. The summed E-state index contributed by atoms with van der Waals surface area (Å²) in [6.45, 7) is 7.52. The lowest BCUT2D eigenvalue weighted by Crippen LogP contribution is -2.33. The monoisotopic (exact) mass is 266 g/mol. The summed E-state index contributed by atoms with van der Waals surface area (Å²) in [5.41, 5.74) is 0. The molecule has 2 atom stereocenters. The second-order valence-electron chi connectivity index (χ2n) is 4.02. The van der Waals surface area contributed by atoms with Gasteiger partial charge in [0.15, 0.2) is 5.78 Å². The average Bonchev–Trinajstić information content (AvgIpc) is 2.49. The van der Waals surface area contributed by atoms with Gasteiger partial charge in [0, 0.05) is 0 Å². The summed E-state index contributed by atoms with van der Waals surface area (Å²) in [4.78, 5) is 11.6. The van der Waals surface area contributed by atoms with Crippen LogP contribution in [0.25, 0.3) is 0 Å². The molecule has 108 valence electrons. The number of hydrogen-bond acceptors (Lipinski definition) is 3. The third kappa shape index (κ3) is 5.88. The summed E-state index contributed by atoms with van der Waals surface area (Å²) >= 11 is 0. The van der Waals surface area contributed by atoms with Crippen LogP contribution in [0.3, 0.4) is 0 Å². The van der Waals surface area contributed by atoms with Crippen LogP contribution in [0.2, 0.25) is 0 Å². The van der Waals surface area contributed by atoms with E-state index in [0.717, 1.165) is 12.2 Å². The van der Waals surface area contributed by atoms with Crippen LogP contribution >= 0.6 is 0 Å². The zero-order valence-corrected chi connectivity index (χ0v) is 12.4. The number of carbonyl (C=O) groups is 1. The van der Waals surface area contributed by atoms with Crippen molar-refractivity contribution in [3.8, 4) is 5.75 Å². The predicted molar refractivity (Wildman–Crippen MR) is 78.4 cm³/mol. The van der Waals surface area contributed by atoms with Crippen molar-refractivity contribution in [2.75, 3.05) is 6.61 Å². The minimum Gasteiger partial charge on any atom is -0.490 e. The fourth-order valence-electron chi connectivity index (χ4n) is 1.94. The van der Waals surface area contributed by atoms with Gasteiger partial charge in [-0.1, -0.05) is 45.9 Å². The molecule has 3 heteroatoms. The van der Waals surface area contributed by atoms with Gasteiger partial charge in [0.1, 0.15) is 18.5 Å². The fraction of sp³-hybridized carbons (Fsp3) is 0.562. The Morgan fingerprint density at radius 1 is 1.16 bits per heavy atom. The molecule has 0 aliphatic carbocycles. The van der Waals surface area contributed by atoms with Crippen LogP contribution in [-0.4, -0.2) is 23.6 Å². The van der Waals surface area contributed by atoms with Crippen LogP contribution < -0.4 is 4.74 Å². The van der Waals surface area contributed by atoms with Crippen molar-refractivity contribution < 1.29 is 14.6 Å². The largest absolute Gasteiger partial charge is 0.490 e. The molecule has 0 spiro atoms. The van der Waals surface area contributed by atoms with Crippen LogP contribution in [0.1, 0.15) is 40.5 Å². The second-order valence-corrected chi connectivity index (χ2v) is 4.02. The predicted octanol–water partition coefficient (Wildman–Crippen LogP) is 3.46. The molecule has 0 aliphatic rings. The zero-order chi connectivity index (χ0) is 14.7. The molecular formula is C16H26O3. The van der Waals surface area contributed by atoms with Crippen molar-refractivity contribution in [2.24, 2.45) is 5.92 Å². The minimum atomic E-state index is -0.410. The highest BCUT2D eigenvalue weighted by Gasteiger charge is 2.26. The number of hydrogen-bond donors (Lipinski definition) is 1. The van der Waals surface area contributed by atoms with E-state index < -0.39 is 6.61 Å². The van der Waals surface area contributed by atoms with Gasteiger partial charge in [0.2, 0.25) is 0 Å². The molecule has 1 N–H and O–H groups in total. The summed E-state index contributed by atoms with van der Waals surface area (Å²) in [5.74, 6) is 0.393. The first-order valence-corrected chi connectivity index (χ1v) is 7.08. The second kappa shape index (κ2) is 10.6. The van der Waals surface area contributed by atoms with Gasteiger partial charge in [-0.2, -0.15) is 0 Å².